The van der Waals surface area contributed by atoms with Crippen molar-refractivity contribution in [2.75, 3.05) is 6.54 Å². The maximum absolute atomic E-state index is 4.69. The van der Waals surface area contributed by atoms with E-state index in [1.54, 1.807) is 0 Å². The summed E-state index contributed by atoms with van der Waals surface area (Å²) in [7, 11) is 0. The Balaban J connectivity index is 1.94. The van der Waals surface area contributed by atoms with Gasteiger partial charge in [-0.15, -0.1) is 24.4 Å². The van der Waals surface area contributed by atoms with E-state index in [0.29, 0.717) is 5.92 Å². The Hall–Kier alpha value is -0.670. The highest BCUT2D eigenvalue weighted by Gasteiger charge is 2.13. The van der Waals surface area contributed by atoms with Crippen molar-refractivity contribution in [2.24, 2.45) is 10.9 Å². The summed E-state index contributed by atoms with van der Waals surface area (Å²) in [5, 5.41) is 1.28. The first-order valence-electron chi connectivity index (χ1n) is 8.01. The van der Waals surface area contributed by atoms with Crippen molar-refractivity contribution in [3.63, 3.8) is 0 Å². The third kappa shape index (κ3) is 5.20. The fraction of sp³-hybridized carbons (Fsp3) is 0.526. The Morgan fingerprint density at radius 2 is 1.91 bits per heavy atom. The fourth-order valence-corrected chi connectivity index (χ4v) is 3.56. The topological polar surface area (TPSA) is 12.4 Å². The third-order valence-electron chi connectivity index (χ3n) is 4.09. The second-order valence-electron chi connectivity index (χ2n) is 7.04. The van der Waals surface area contributed by atoms with Crippen LogP contribution in [0.2, 0.25) is 0 Å². The molecule has 0 aliphatic carbocycles. The Kier molecular flexibility index (Phi) is 6.22. The van der Waals surface area contributed by atoms with Crippen molar-refractivity contribution in [3.8, 4) is 0 Å². The molecule has 1 aromatic rings. The van der Waals surface area contributed by atoms with Gasteiger partial charge in [0.1, 0.15) is 0 Å². The van der Waals surface area contributed by atoms with Gasteiger partial charge in [-0.25, -0.2) is 0 Å². The zero-order valence-corrected chi connectivity index (χ0v) is 15.8. The Morgan fingerprint density at radius 3 is 2.55 bits per heavy atom. The molecule has 1 heterocycles. The molecule has 0 bridgehead atoms. The summed E-state index contributed by atoms with van der Waals surface area (Å²) in [5.41, 5.74) is 2.99. The molecular weight excluding hydrogens is 306 g/mol. The Bertz CT molecular complexity index is 550. The van der Waals surface area contributed by atoms with Crippen molar-refractivity contribution >= 4 is 29.4 Å². The number of hydrogen-bond acceptors (Lipinski definition) is 3. The van der Waals surface area contributed by atoms with Crippen LogP contribution in [0.3, 0.4) is 0 Å². The van der Waals surface area contributed by atoms with Crippen molar-refractivity contribution in [2.45, 2.75) is 51.7 Å². The van der Waals surface area contributed by atoms with Gasteiger partial charge in [-0.1, -0.05) is 58.0 Å². The molecule has 1 aliphatic rings. The van der Waals surface area contributed by atoms with Crippen LogP contribution in [0.15, 0.2) is 40.2 Å². The average Bonchev–Trinajstić information content (AvgIpc) is 2.47. The predicted octanol–water partition coefficient (Wildman–Crippen LogP) is 5.86. The summed E-state index contributed by atoms with van der Waals surface area (Å²) in [4.78, 5) is 5.88. The molecule has 1 aromatic carbocycles. The van der Waals surface area contributed by atoms with Crippen LogP contribution in [-0.2, 0) is 11.2 Å². The SMILES string of the molecule is CC1CCC(SCc2ccc(C(C)(C)C)cc2)=NC/C=C\1S. The van der Waals surface area contributed by atoms with Crippen LogP contribution in [0.4, 0.5) is 0 Å². The number of hydrogen-bond donors (Lipinski definition) is 1. The van der Waals surface area contributed by atoms with Gasteiger partial charge < -0.3 is 0 Å². The number of nitrogens with zero attached hydrogens (tertiary/aromatic N) is 1. The molecular formula is C19H27NS2. The molecule has 0 aromatic heterocycles. The van der Waals surface area contributed by atoms with Crippen molar-refractivity contribution < 1.29 is 0 Å². The van der Waals surface area contributed by atoms with E-state index in [-0.39, 0.29) is 5.41 Å². The van der Waals surface area contributed by atoms with Gasteiger partial charge in [0.2, 0.25) is 0 Å². The standard InChI is InChI=1S/C19H27NS2/c1-14-5-10-18(20-12-11-17(14)21)22-13-15-6-8-16(9-7-15)19(2,3)4/h6-9,11,14,21H,5,10,12-13H2,1-4H3/b17-11+,20-18?. The number of allylic oxidation sites excluding steroid dienone is 1. The zero-order chi connectivity index (χ0) is 16.2. The molecule has 1 unspecified atom stereocenters. The maximum Gasteiger partial charge on any atom is 0.0683 e. The molecule has 0 N–H and O–H groups in total. The largest absolute Gasteiger partial charge is 0.279 e. The van der Waals surface area contributed by atoms with Crippen LogP contribution in [-0.4, -0.2) is 11.6 Å². The van der Waals surface area contributed by atoms with E-state index < -0.39 is 0 Å². The molecule has 1 aliphatic heterocycles. The molecule has 0 amide bonds. The van der Waals surface area contributed by atoms with Gasteiger partial charge in [0.25, 0.3) is 0 Å². The van der Waals surface area contributed by atoms with Crippen molar-refractivity contribution in [1.29, 1.82) is 0 Å². The highest BCUT2D eigenvalue weighted by atomic mass is 32.2. The van der Waals surface area contributed by atoms with Gasteiger partial charge in [0.05, 0.1) is 11.6 Å². The second-order valence-corrected chi connectivity index (χ2v) is 8.60. The molecule has 2 rings (SSSR count). The number of benzene rings is 1. The minimum Gasteiger partial charge on any atom is -0.279 e. The lowest BCUT2D eigenvalue weighted by molar-refractivity contribution is 0.590. The van der Waals surface area contributed by atoms with E-state index >= 15 is 0 Å². The molecule has 0 fully saturated rings. The average molecular weight is 334 g/mol. The number of aliphatic imine (C=N–C) groups is 1. The quantitative estimate of drug-likeness (QED) is 0.669. The normalized spacial score (nSPS) is 22.3. The molecule has 0 saturated heterocycles. The van der Waals surface area contributed by atoms with Crippen LogP contribution in [0.1, 0.15) is 51.7 Å². The maximum atomic E-state index is 4.69. The van der Waals surface area contributed by atoms with E-state index in [4.69, 9.17) is 4.99 Å². The summed E-state index contributed by atoms with van der Waals surface area (Å²) in [5.74, 6) is 1.57. The fourth-order valence-electron chi connectivity index (χ4n) is 2.39. The lowest BCUT2D eigenvalue weighted by atomic mass is 9.87. The van der Waals surface area contributed by atoms with Gasteiger partial charge in [-0.05, 0) is 40.2 Å². The number of thioether (sulfide) groups is 1. The lowest BCUT2D eigenvalue weighted by Crippen LogP contribution is -2.10. The highest BCUT2D eigenvalue weighted by Crippen LogP contribution is 2.27. The molecule has 0 radical (unpaired) electrons. The summed E-state index contributed by atoms with van der Waals surface area (Å²) in [6.07, 6.45) is 4.36. The van der Waals surface area contributed by atoms with Gasteiger partial charge in [-0.2, -0.15) is 0 Å². The van der Waals surface area contributed by atoms with Crippen LogP contribution >= 0.6 is 24.4 Å². The molecule has 0 saturated carbocycles. The minimum atomic E-state index is 0.225. The van der Waals surface area contributed by atoms with Crippen LogP contribution in [0.25, 0.3) is 0 Å². The Labute approximate surface area is 145 Å². The van der Waals surface area contributed by atoms with E-state index in [1.165, 1.54) is 21.1 Å². The molecule has 22 heavy (non-hydrogen) atoms. The summed E-state index contributed by atoms with van der Waals surface area (Å²) < 4.78 is 0. The van der Waals surface area contributed by atoms with Gasteiger partial charge in [-0.3, -0.25) is 4.99 Å². The zero-order valence-electron chi connectivity index (χ0n) is 14.1. The van der Waals surface area contributed by atoms with E-state index in [2.05, 4.69) is 70.7 Å². The first kappa shape index (κ1) is 17.7. The summed E-state index contributed by atoms with van der Waals surface area (Å²) >= 11 is 6.42. The Morgan fingerprint density at radius 1 is 1.23 bits per heavy atom. The minimum absolute atomic E-state index is 0.225. The molecule has 1 nitrogen and oxygen atoms in total. The molecule has 120 valence electrons. The summed E-state index contributed by atoms with van der Waals surface area (Å²) in [6, 6.07) is 9.03. The molecule has 0 spiro atoms. The van der Waals surface area contributed by atoms with E-state index in [9.17, 15) is 0 Å². The molecule has 3 heteroatoms. The van der Waals surface area contributed by atoms with Gasteiger partial charge in [0, 0.05) is 5.75 Å². The van der Waals surface area contributed by atoms with Crippen molar-refractivity contribution in [3.05, 3.63) is 46.4 Å². The highest BCUT2D eigenvalue weighted by molar-refractivity contribution is 8.13. The first-order chi connectivity index (χ1) is 10.4. The van der Waals surface area contributed by atoms with Gasteiger partial charge in [0.15, 0.2) is 0 Å². The van der Waals surface area contributed by atoms with Crippen LogP contribution in [0, 0.1) is 5.92 Å². The number of thiol groups is 1. The lowest BCUT2D eigenvalue weighted by Gasteiger charge is -2.19. The number of rotatable bonds is 2. The predicted molar refractivity (Wildman–Crippen MR) is 104 cm³/mol. The van der Waals surface area contributed by atoms with Crippen molar-refractivity contribution in [1.82, 2.24) is 0 Å². The summed E-state index contributed by atoms with van der Waals surface area (Å²) in [6.45, 7) is 9.78. The van der Waals surface area contributed by atoms with Crippen LogP contribution in [0.5, 0.6) is 0 Å². The van der Waals surface area contributed by atoms with E-state index in [1.807, 2.05) is 11.8 Å². The monoisotopic (exact) mass is 333 g/mol. The van der Waals surface area contributed by atoms with Crippen LogP contribution < -0.4 is 0 Å². The van der Waals surface area contributed by atoms with E-state index in [0.717, 1.165) is 25.1 Å². The molecule has 1 atom stereocenters. The second kappa shape index (κ2) is 7.74. The first-order valence-corrected chi connectivity index (χ1v) is 9.44. The smallest absolute Gasteiger partial charge is 0.0683 e. The van der Waals surface area contributed by atoms with Gasteiger partial charge >= 0.3 is 0 Å². The third-order valence-corrected chi connectivity index (χ3v) is 5.86.